The second-order valence-electron chi connectivity index (χ2n) is 8.51. The molecule has 0 saturated carbocycles. The number of rotatable bonds is 10. The molecule has 0 spiro atoms. The molecule has 7 nitrogen and oxygen atoms in total. The molecular formula is C24H37FN4O3. The Balaban J connectivity index is 1.83. The van der Waals surface area contributed by atoms with E-state index >= 15 is 0 Å². The van der Waals surface area contributed by atoms with Gasteiger partial charge in [-0.15, -0.1) is 0 Å². The van der Waals surface area contributed by atoms with Gasteiger partial charge in [0.15, 0.2) is 0 Å². The Kier molecular flexibility index (Phi) is 10.4. The van der Waals surface area contributed by atoms with Gasteiger partial charge in [-0.2, -0.15) is 0 Å². The predicted molar refractivity (Wildman–Crippen MR) is 122 cm³/mol. The summed E-state index contributed by atoms with van der Waals surface area (Å²) in [6.45, 7) is 6.13. The highest BCUT2D eigenvalue weighted by molar-refractivity contribution is 5.87. The first-order valence-corrected chi connectivity index (χ1v) is 11.7. The highest BCUT2D eigenvalue weighted by atomic mass is 19.1. The summed E-state index contributed by atoms with van der Waals surface area (Å²) in [7, 11) is 1.85. The van der Waals surface area contributed by atoms with Crippen LogP contribution in [0.3, 0.4) is 0 Å². The highest BCUT2D eigenvalue weighted by Crippen LogP contribution is 2.20. The fourth-order valence-electron chi connectivity index (χ4n) is 3.92. The first-order valence-electron chi connectivity index (χ1n) is 11.7. The number of nitrogens with one attached hydrogen (secondary N) is 2. The Labute approximate surface area is 190 Å². The normalized spacial score (nSPS) is 15.2. The SMILES string of the molecule is CCCCN(C)C(=O)C1CCN(C(=O)C(CCC)NC(=O)NCc2ccc(F)cc2)CC1. The molecule has 0 aromatic heterocycles. The minimum atomic E-state index is -0.604. The summed E-state index contributed by atoms with van der Waals surface area (Å²) in [4.78, 5) is 41.5. The molecule has 0 radical (unpaired) electrons. The van der Waals surface area contributed by atoms with E-state index in [0.717, 1.165) is 31.4 Å². The van der Waals surface area contributed by atoms with Gasteiger partial charge < -0.3 is 20.4 Å². The number of nitrogens with zero attached hydrogens (tertiary/aromatic N) is 2. The molecule has 0 bridgehead atoms. The minimum absolute atomic E-state index is 0.0440. The lowest BCUT2D eigenvalue weighted by Crippen LogP contribution is -2.53. The number of carbonyl (C=O) groups excluding carboxylic acids is 3. The largest absolute Gasteiger partial charge is 0.346 e. The number of halogens is 1. The van der Waals surface area contributed by atoms with Crippen LogP contribution < -0.4 is 10.6 Å². The number of urea groups is 1. The average molecular weight is 449 g/mol. The number of likely N-dealkylation sites (tertiary alicyclic amines) is 1. The van der Waals surface area contributed by atoms with Gasteiger partial charge in [-0.3, -0.25) is 9.59 Å². The maximum atomic E-state index is 13.0. The van der Waals surface area contributed by atoms with E-state index in [4.69, 9.17) is 0 Å². The minimum Gasteiger partial charge on any atom is -0.346 e. The summed E-state index contributed by atoms with van der Waals surface area (Å²) in [5.41, 5.74) is 0.774. The number of benzene rings is 1. The van der Waals surface area contributed by atoms with Crippen LogP contribution in [0.15, 0.2) is 24.3 Å². The van der Waals surface area contributed by atoms with E-state index in [1.807, 2.05) is 14.0 Å². The Hall–Kier alpha value is -2.64. The number of carbonyl (C=O) groups is 3. The third kappa shape index (κ3) is 7.80. The first-order chi connectivity index (χ1) is 15.3. The molecule has 1 saturated heterocycles. The Bertz CT molecular complexity index is 748. The van der Waals surface area contributed by atoms with Crippen LogP contribution in [-0.2, 0) is 16.1 Å². The number of hydrogen-bond acceptors (Lipinski definition) is 3. The van der Waals surface area contributed by atoms with Crippen molar-refractivity contribution in [2.75, 3.05) is 26.7 Å². The monoisotopic (exact) mass is 448 g/mol. The predicted octanol–water partition coefficient (Wildman–Crippen LogP) is 3.29. The molecule has 1 aromatic carbocycles. The van der Waals surface area contributed by atoms with Crippen LogP contribution >= 0.6 is 0 Å². The summed E-state index contributed by atoms with van der Waals surface area (Å²) >= 11 is 0. The fourth-order valence-corrected chi connectivity index (χ4v) is 3.92. The van der Waals surface area contributed by atoms with Crippen molar-refractivity contribution in [1.82, 2.24) is 20.4 Å². The van der Waals surface area contributed by atoms with Gasteiger partial charge in [0.25, 0.3) is 0 Å². The van der Waals surface area contributed by atoms with Gasteiger partial charge in [0.2, 0.25) is 11.8 Å². The lowest BCUT2D eigenvalue weighted by Gasteiger charge is -2.35. The zero-order valence-corrected chi connectivity index (χ0v) is 19.5. The van der Waals surface area contributed by atoms with Gasteiger partial charge in [0.05, 0.1) is 0 Å². The number of hydrogen-bond donors (Lipinski definition) is 2. The number of amides is 4. The Morgan fingerprint density at radius 3 is 2.38 bits per heavy atom. The van der Waals surface area contributed by atoms with Crippen molar-refractivity contribution < 1.29 is 18.8 Å². The molecule has 1 aromatic rings. The van der Waals surface area contributed by atoms with E-state index in [1.54, 1.807) is 21.9 Å². The fraction of sp³-hybridized carbons (Fsp3) is 0.625. The van der Waals surface area contributed by atoms with Crippen molar-refractivity contribution in [1.29, 1.82) is 0 Å². The maximum absolute atomic E-state index is 13.0. The van der Waals surface area contributed by atoms with Crippen LogP contribution in [0.5, 0.6) is 0 Å². The van der Waals surface area contributed by atoms with Crippen LogP contribution in [0, 0.1) is 11.7 Å². The molecule has 1 heterocycles. The van der Waals surface area contributed by atoms with E-state index in [9.17, 15) is 18.8 Å². The van der Waals surface area contributed by atoms with Gasteiger partial charge in [0, 0.05) is 39.1 Å². The Morgan fingerprint density at radius 1 is 1.12 bits per heavy atom. The van der Waals surface area contributed by atoms with Crippen molar-refractivity contribution in [3.8, 4) is 0 Å². The number of unbranched alkanes of at least 4 members (excludes halogenated alkanes) is 1. The van der Waals surface area contributed by atoms with E-state index in [1.165, 1.54) is 12.1 Å². The standard InChI is InChI=1S/C24H37FN4O3/c1-4-6-14-28(3)22(30)19-12-15-29(16-13-19)23(31)21(7-5-2)27-24(32)26-17-18-8-10-20(25)11-9-18/h8-11,19,21H,4-7,12-17H2,1-3H3,(H2,26,27,32). The summed E-state index contributed by atoms with van der Waals surface area (Å²) in [5, 5.41) is 5.50. The molecule has 178 valence electrons. The van der Waals surface area contributed by atoms with Crippen molar-refractivity contribution >= 4 is 17.8 Å². The topological polar surface area (TPSA) is 81.8 Å². The molecule has 2 N–H and O–H groups in total. The molecule has 1 fully saturated rings. The van der Waals surface area contributed by atoms with E-state index in [0.29, 0.717) is 32.4 Å². The van der Waals surface area contributed by atoms with Crippen LogP contribution in [0.25, 0.3) is 0 Å². The van der Waals surface area contributed by atoms with Crippen LogP contribution in [-0.4, -0.2) is 60.4 Å². The van der Waals surface area contributed by atoms with E-state index in [-0.39, 0.29) is 30.1 Å². The first kappa shape index (κ1) is 25.6. The summed E-state index contributed by atoms with van der Waals surface area (Å²) in [6.07, 6.45) is 4.64. The highest BCUT2D eigenvalue weighted by Gasteiger charge is 2.32. The van der Waals surface area contributed by atoms with Crippen molar-refractivity contribution in [2.45, 2.75) is 65.0 Å². The summed E-state index contributed by atoms with van der Waals surface area (Å²) in [6, 6.07) is 4.87. The molecule has 1 aliphatic heterocycles. The van der Waals surface area contributed by atoms with Gasteiger partial charge in [-0.25, -0.2) is 9.18 Å². The molecular weight excluding hydrogens is 411 g/mol. The third-order valence-electron chi connectivity index (χ3n) is 5.93. The zero-order valence-electron chi connectivity index (χ0n) is 19.5. The molecule has 1 atom stereocenters. The van der Waals surface area contributed by atoms with E-state index in [2.05, 4.69) is 17.6 Å². The quantitative estimate of drug-likeness (QED) is 0.576. The second-order valence-corrected chi connectivity index (χ2v) is 8.51. The Morgan fingerprint density at radius 2 is 1.78 bits per heavy atom. The molecule has 1 aliphatic rings. The molecule has 2 rings (SSSR count). The van der Waals surface area contributed by atoms with Gasteiger partial charge in [-0.1, -0.05) is 38.8 Å². The molecule has 4 amide bonds. The van der Waals surface area contributed by atoms with Gasteiger partial charge in [0.1, 0.15) is 11.9 Å². The molecule has 8 heteroatoms. The van der Waals surface area contributed by atoms with Crippen LogP contribution in [0.4, 0.5) is 9.18 Å². The molecule has 0 aliphatic carbocycles. The summed E-state index contributed by atoms with van der Waals surface area (Å²) in [5.74, 6) is -0.314. The summed E-state index contributed by atoms with van der Waals surface area (Å²) < 4.78 is 13.0. The zero-order chi connectivity index (χ0) is 23.5. The lowest BCUT2D eigenvalue weighted by atomic mass is 9.94. The van der Waals surface area contributed by atoms with Gasteiger partial charge in [-0.05, 0) is 43.4 Å². The molecule has 32 heavy (non-hydrogen) atoms. The van der Waals surface area contributed by atoms with Crippen LogP contribution in [0.1, 0.15) is 57.9 Å². The molecule has 1 unspecified atom stereocenters. The van der Waals surface area contributed by atoms with E-state index < -0.39 is 12.1 Å². The van der Waals surface area contributed by atoms with Crippen LogP contribution in [0.2, 0.25) is 0 Å². The average Bonchev–Trinajstić information content (AvgIpc) is 2.81. The van der Waals surface area contributed by atoms with Crippen molar-refractivity contribution in [3.63, 3.8) is 0 Å². The smallest absolute Gasteiger partial charge is 0.315 e. The van der Waals surface area contributed by atoms with Crippen molar-refractivity contribution in [2.24, 2.45) is 5.92 Å². The lowest BCUT2D eigenvalue weighted by molar-refractivity contribution is -0.140. The number of piperidine rings is 1. The second kappa shape index (κ2) is 13.0. The van der Waals surface area contributed by atoms with Gasteiger partial charge >= 0.3 is 6.03 Å². The third-order valence-corrected chi connectivity index (χ3v) is 5.93. The van der Waals surface area contributed by atoms with Crippen molar-refractivity contribution in [3.05, 3.63) is 35.6 Å². The maximum Gasteiger partial charge on any atom is 0.315 e.